The Morgan fingerprint density at radius 3 is 2.62 bits per heavy atom. The summed E-state index contributed by atoms with van der Waals surface area (Å²) in [4.78, 5) is 42.1. The molecule has 0 spiro atoms. The number of aryl methyl sites for hydroxylation is 1. The van der Waals surface area contributed by atoms with Crippen LogP contribution in [0.15, 0.2) is 39.8 Å². The first-order valence-corrected chi connectivity index (χ1v) is 6.97. The Kier molecular flexibility index (Phi) is 3.87. The van der Waals surface area contributed by atoms with Gasteiger partial charge in [-0.15, -0.1) is 0 Å². The second-order valence-electron chi connectivity index (χ2n) is 4.97. The fourth-order valence-electron chi connectivity index (χ4n) is 2.33. The average molecular weight is 327 g/mol. The van der Waals surface area contributed by atoms with Gasteiger partial charge in [0.15, 0.2) is 0 Å². The molecule has 0 aliphatic heterocycles. The molecule has 0 radical (unpaired) electrons. The molecule has 0 saturated heterocycles. The summed E-state index contributed by atoms with van der Waals surface area (Å²) < 4.78 is 9.96. The number of hydrogen-bond acceptors (Lipinski definition) is 6. The number of H-pyrrole nitrogens is 1. The lowest BCUT2D eigenvalue weighted by atomic mass is 10.1. The number of aromatic nitrogens is 2. The van der Waals surface area contributed by atoms with Crippen molar-refractivity contribution in [3.05, 3.63) is 57.8 Å². The van der Waals surface area contributed by atoms with Crippen LogP contribution in [0, 0.1) is 6.92 Å². The van der Waals surface area contributed by atoms with Crippen molar-refractivity contribution in [1.29, 1.82) is 0 Å². The van der Waals surface area contributed by atoms with E-state index in [1.54, 1.807) is 19.1 Å². The molecule has 0 fully saturated rings. The van der Waals surface area contributed by atoms with E-state index in [1.165, 1.54) is 25.6 Å². The van der Waals surface area contributed by atoms with Crippen molar-refractivity contribution in [1.82, 2.24) is 9.97 Å². The first-order valence-electron chi connectivity index (χ1n) is 6.97. The molecule has 8 heteroatoms. The molecular formula is C16H13N3O5. The predicted octanol–water partition coefficient (Wildman–Crippen LogP) is 1.86. The van der Waals surface area contributed by atoms with Crippen molar-refractivity contribution < 1.29 is 18.7 Å². The third-order valence-electron chi connectivity index (χ3n) is 3.46. The second-order valence-corrected chi connectivity index (χ2v) is 4.97. The van der Waals surface area contributed by atoms with Gasteiger partial charge in [0, 0.05) is 5.69 Å². The van der Waals surface area contributed by atoms with Gasteiger partial charge in [-0.3, -0.25) is 9.59 Å². The van der Waals surface area contributed by atoms with E-state index >= 15 is 0 Å². The minimum Gasteiger partial charge on any atom is -0.465 e. The first-order chi connectivity index (χ1) is 11.5. The lowest BCUT2D eigenvalue weighted by Crippen LogP contribution is -2.16. The average Bonchev–Trinajstić information content (AvgIpc) is 2.92. The lowest BCUT2D eigenvalue weighted by Gasteiger charge is -2.05. The highest BCUT2D eigenvalue weighted by Gasteiger charge is 2.21. The smallest absolute Gasteiger partial charge is 0.337 e. The normalized spacial score (nSPS) is 10.6. The Hall–Kier alpha value is -3.42. The van der Waals surface area contributed by atoms with Crippen molar-refractivity contribution in [2.24, 2.45) is 0 Å². The first kappa shape index (κ1) is 15.5. The summed E-state index contributed by atoms with van der Waals surface area (Å²) >= 11 is 0. The van der Waals surface area contributed by atoms with Crippen molar-refractivity contribution in [2.75, 3.05) is 12.4 Å². The number of amides is 1. The number of hydrogen-bond donors (Lipinski definition) is 2. The van der Waals surface area contributed by atoms with Crippen LogP contribution >= 0.6 is 0 Å². The minimum absolute atomic E-state index is 0.0960. The molecule has 0 bridgehead atoms. The van der Waals surface area contributed by atoms with Crippen molar-refractivity contribution in [3.63, 3.8) is 0 Å². The van der Waals surface area contributed by atoms with E-state index in [0.717, 1.165) is 0 Å². The van der Waals surface area contributed by atoms with Gasteiger partial charge < -0.3 is 19.5 Å². The van der Waals surface area contributed by atoms with Crippen LogP contribution in [0.25, 0.3) is 11.1 Å². The maximum Gasteiger partial charge on any atom is 0.337 e. The van der Waals surface area contributed by atoms with Gasteiger partial charge in [-0.1, -0.05) is 0 Å². The molecule has 0 aliphatic rings. The number of fused-ring (bicyclic) bond motifs is 1. The minimum atomic E-state index is -0.504. The number of methoxy groups -OCH3 is 1. The summed E-state index contributed by atoms with van der Waals surface area (Å²) in [6.07, 6.45) is 1.21. The van der Waals surface area contributed by atoms with Crippen LogP contribution in [-0.4, -0.2) is 29.0 Å². The summed E-state index contributed by atoms with van der Waals surface area (Å²) in [6.45, 7) is 1.58. The molecule has 8 nitrogen and oxygen atoms in total. The summed E-state index contributed by atoms with van der Waals surface area (Å²) in [5.41, 5.74) is 0.588. The molecule has 3 aromatic rings. The zero-order chi connectivity index (χ0) is 17.3. The van der Waals surface area contributed by atoms with Crippen molar-refractivity contribution in [3.8, 4) is 0 Å². The Morgan fingerprint density at radius 2 is 1.96 bits per heavy atom. The molecule has 2 N–H and O–H groups in total. The van der Waals surface area contributed by atoms with Crippen molar-refractivity contribution in [2.45, 2.75) is 6.92 Å². The monoisotopic (exact) mass is 327 g/mol. The molecule has 0 unspecified atom stereocenters. The maximum atomic E-state index is 12.5. The molecule has 122 valence electrons. The number of nitrogens with one attached hydrogen (secondary N) is 2. The third-order valence-corrected chi connectivity index (χ3v) is 3.46. The molecule has 0 atom stereocenters. The Morgan fingerprint density at radius 1 is 1.25 bits per heavy atom. The molecule has 1 aromatic carbocycles. The standard InChI is InChI=1S/C16H13N3O5/c1-8-11(12-13(20)17-7-18-15(12)24-8)14(21)19-10-5-3-9(4-6-10)16(22)23-2/h3-7H,1-2H3,(H,19,21)(H,17,18,20). The highest BCUT2D eigenvalue weighted by molar-refractivity contribution is 6.12. The number of carbonyl (C=O) groups is 2. The number of benzene rings is 1. The van der Waals surface area contributed by atoms with E-state index < -0.39 is 17.4 Å². The van der Waals surface area contributed by atoms with Gasteiger partial charge in [-0.05, 0) is 31.2 Å². The Balaban J connectivity index is 1.92. The number of rotatable bonds is 3. The van der Waals surface area contributed by atoms with E-state index in [-0.39, 0.29) is 22.4 Å². The number of anilines is 1. The maximum absolute atomic E-state index is 12.5. The van der Waals surface area contributed by atoms with Crippen LogP contribution in [0.3, 0.4) is 0 Å². The summed E-state index contributed by atoms with van der Waals surface area (Å²) in [5.74, 6) is -0.685. The number of aromatic amines is 1. The lowest BCUT2D eigenvalue weighted by molar-refractivity contribution is 0.0600. The van der Waals surface area contributed by atoms with Crippen LogP contribution in [0.1, 0.15) is 26.5 Å². The van der Waals surface area contributed by atoms with Crippen LogP contribution < -0.4 is 10.9 Å². The SMILES string of the molecule is COC(=O)c1ccc(NC(=O)c2c(C)oc3nc[nH]c(=O)c23)cc1. The van der Waals surface area contributed by atoms with Crippen LogP contribution in [-0.2, 0) is 4.74 Å². The second kappa shape index (κ2) is 5.99. The fraction of sp³-hybridized carbons (Fsp3) is 0.125. The van der Waals surface area contributed by atoms with Gasteiger partial charge in [0.1, 0.15) is 11.1 Å². The van der Waals surface area contributed by atoms with Crippen molar-refractivity contribution >= 4 is 28.7 Å². The van der Waals surface area contributed by atoms with Gasteiger partial charge >= 0.3 is 5.97 Å². The van der Waals surface area contributed by atoms with Gasteiger partial charge in [0.2, 0.25) is 5.71 Å². The third kappa shape index (κ3) is 2.65. The number of esters is 1. The zero-order valence-corrected chi connectivity index (χ0v) is 12.9. The largest absolute Gasteiger partial charge is 0.465 e. The number of furan rings is 1. The topological polar surface area (TPSA) is 114 Å². The molecule has 2 aromatic heterocycles. The Bertz CT molecular complexity index is 985. The van der Waals surface area contributed by atoms with E-state index in [1.807, 2.05) is 0 Å². The summed E-state index contributed by atoms with van der Waals surface area (Å²) in [6, 6.07) is 6.17. The molecule has 1 amide bonds. The van der Waals surface area contributed by atoms with E-state index in [2.05, 4.69) is 20.0 Å². The summed E-state index contributed by atoms with van der Waals surface area (Å²) in [5, 5.41) is 2.75. The fourth-order valence-corrected chi connectivity index (χ4v) is 2.33. The van der Waals surface area contributed by atoms with Gasteiger partial charge in [-0.2, -0.15) is 0 Å². The number of ether oxygens (including phenoxy) is 1. The van der Waals surface area contributed by atoms with E-state index in [0.29, 0.717) is 11.3 Å². The molecule has 0 aliphatic carbocycles. The quantitative estimate of drug-likeness (QED) is 0.710. The molecule has 3 rings (SSSR count). The number of nitrogens with zero attached hydrogens (tertiary/aromatic N) is 1. The highest BCUT2D eigenvalue weighted by Crippen LogP contribution is 2.22. The van der Waals surface area contributed by atoms with Crippen LogP contribution in [0.5, 0.6) is 0 Å². The van der Waals surface area contributed by atoms with Gasteiger partial charge in [-0.25, -0.2) is 9.78 Å². The van der Waals surface area contributed by atoms with E-state index in [9.17, 15) is 14.4 Å². The molecule has 2 heterocycles. The highest BCUT2D eigenvalue weighted by atomic mass is 16.5. The zero-order valence-electron chi connectivity index (χ0n) is 12.9. The summed E-state index contributed by atoms with van der Waals surface area (Å²) in [7, 11) is 1.29. The number of carbonyl (C=O) groups excluding carboxylic acids is 2. The van der Waals surface area contributed by atoms with Crippen LogP contribution in [0.2, 0.25) is 0 Å². The molecule has 0 saturated carbocycles. The Labute approximate surface area is 135 Å². The van der Waals surface area contributed by atoms with E-state index in [4.69, 9.17) is 4.42 Å². The molecule has 24 heavy (non-hydrogen) atoms. The van der Waals surface area contributed by atoms with Gasteiger partial charge in [0.25, 0.3) is 11.5 Å². The van der Waals surface area contributed by atoms with Gasteiger partial charge in [0.05, 0.1) is 24.6 Å². The van der Waals surface area contributed by atoms with Crippen LogP contribution in [0.4, 0.5) is 5.69 Å². The predicted molar refractivity (Wildman–Crippen MR) is 85.1 cm³/mol. The molecular weight excluding hydrogens is 314 g/mol.